The Balaban J connectivity index is 1.20. The van der Waals surface area contributed by atoms with Crippen LogP contribution >= 0.6 is 13.4 Å². The highest BCUT2D eigenvalue weighted by Gasteiger charge is 2.58. The molecule has 3 aromatic heterocycles. The SMILES string of the molecule is Nc1nc2c(c(=O)[nH]1)NNN2[C@@H]1O[C@@H]2COP(O)(=S)O[C@@H]3[C@@H](COP(O)(=S)O[C@@H]1[C@H]2F)OC[C@@]3(F)n1cnc2c(N)ncnc21. The van der Waals surface area contributed by atoms with E-state index in [9.17, 15) is 14.6 Å². The van der Waals surface area contributed by atoms with Gasteiger partial charge < -0.3 is 39.8 Å². The zero-order valence-electron chi connectivity index (χ0n) is 22.3. The van der Waals surface area contributed by atoms with Crippen molar-refractivity contribution in [2.75, 3.05) is 41.7 Å². The predicted octanol–water partition coefficient (Wildman–Crippen LogP) is -1.24. The molecular weight excluding hydrogens is 690 g/mol. The van der Waals surface area contributed by atoms with E-state index < -0.39 is 81.4 Å². The maximum absolute atomic E-state index is 16.9. The molecular formula is C19H23F2N11O9P2S2. The van der Waals surface area contributed by atoms with Crippen molar-refractivity contribution in [2.24, 2.45) is 0 Å². The molecule has 244 valence electrons. The monoisotopic (exact) mass is 713 g/mol. The largest absolute Gasteiger partial charge is 0.382 e. The molecule has 4 aliphatic heterocycles. The molecule has 3 aromatic rings. The number of nitrogens with zero attached hydrogens (tertiary/aromatic N) is 6. The lowest BCUT2D eigenvalue weighted by Crippen LogP contribution is -2.51. The number of aromatic amines is 1. The van der Waals surface area contributed by atoms with E-state index in [1.165, 1.54) is 0 Å². The molecule has 2 bridgehead atoms. The maximum atomic E-state index is 16.9. The van der Waals surface area contributed by atoms with Crippen molar-refractivity contribution in [3.8, 4) is 0 Å². The molecule has 2 unspecified atom stereocenters. The Morgan fingerprint density at radius 2 is 1.84 bits per heavy atom. The summed E-state index contributed by atoms with van der Waals surface area (Å²) >= 11 is 10.3. The number of anilines is 4. The van der Waals surface area contributed by atoms with Crippen LogP contribution in [0.3, 0.4) is 0 Å². The second-order valence-electron chi connectivity index (χ2n) is 10.1. The summed E-state index contributed by atoms with van der Waals surface area (Å²) in [7, 11) is 0. The minimum Gasteiger partial charge on any atom is -0.382 e. The van der Waals surface area contributed by atoms with Crippen molar-refractivity contribution in [2.45, 2.75) is 42.6 Å². The predicted molar refractivity (Wildman–Crippen MR) is 155 cm³/mol. The van der Waals surface area contributed by atoms with Gasteiger partial charge in [-0.1, -0.05) is 0 Å². The normalized spacial score (nSPS) is 38.6. The van der Waals surface area contributed by atoms with Crippen LogP contribution in [0.4, 0.5) is 32.1 Å². The first kappa shape index (κ1) is 31.1. The van der Waals surface area contributed by atoms with Crippen LogP contribution in [0.5, 0.6) is 0 Å². The van der Waals surface area contributed by atoms with Crippen molar-refractivity contribution in [1.29, 1.82) is 0 Å². The summed E-state index contributed by atoms with van der Waals surface area (Å²) in [6, 6.07) is 0. The van der Waals surface area contributed by atoms with E-state index in [1.54, 1.807) is 0 Å². The number of nitrogen functional groups attached to an aromatic ring is 2. The number of ether oxygens (including phenoxy) is 2. The molecule has 0 radical (unpaired) electrons. The standard InChI is InChI=1S/C19H23F2N11O9P2S2/c20-8-6-1-37-43(35,45)41-12-7(36-3-19(12,21)31-5-26-9-13(22)24-4-25-14(9)31)2-38-42(34,44)40-11(8)17(39-6)32-15-10(29-30-32)16(33)28-18(23)27-15/h4-8,11-12,17,29-30H,1-3H2,(H,34,44)(H,35,45)(H2,22,24,25)(H3,23,27,28,33)/t6-,7-,8+,11-,12-,17-,19-,42?,43?/m1/s1. The third-order valence-electron chi connectivity index (χ3n) is 7.31. The van der Waals surface area contributed by atoms with Crippen molar-refractivity contribution in [3.63, 3.8) is 0 Å². The average Bonchev–Trinajstić information content (AvgIpc) is 3.73. The van der Waals surface area contributed by atoms with Gasteiger partial charge in [-0.3, -0.25) is 28.8 Å². The molecule has 3 fully saturated rings. The quantitative estimate of drug-likeness (QED) is 0.153. The summed E-state index contributed by atoms with van der Waals surface area (Å²) in [5, 5.41) is 1.09. The van der Waals surface area contributed by atoms with Crippen molar-refractivity contribution >= 4 is 71.5 Å². The highest BCUT2D eigenvalue weighted by atomic mass is 32.5. The van der Waals surface area contributed by atoms with Gasteiger partial charge in [0.1, 0.15) is 36.8 Å². The number of aromatic nitrogens is 6. The molecule has 0 aliphatic carbocycles. The Labute approximate surface area is 259 Å². The van der Waals surface area contributed by atoms with E-state index in [4.69, 9.17) is 62.6 Å². The highest BCUT2D eigenvalue weighted by molar-refractivity contribution is 8.07. The molecule has 9 atom stereocenters. The summed E-state index contributed by atoms with van der Waals surface area (Å²) < 4.78 is 67.3. The number of hydrogen-bond donors (Lipinski definition) is 7. The first-order valence-corrected chi connectivity index (χ1v) is 18.0. The van der Waals surface area contributed by atoms with E-state index in [0.29, 0.717) is 0 Å². The van der Waals surface area contributed by atoms with Crippen molar-refractivity contribution in [3.05, 3.63) is 23.0 Å². The molecule has 7 rings (SSSR count). The Hall–Kier alpha value is -2.57. The molecule has 0 aromatic carbocycles. The number of rotatable bonds is 2. The molecule has 0 saturated carbocycles. The summed E-state index contributed by atoms with van der Waals surface area (Å²) in [5.74, 6) is -2.99. The molecule has 20 nitrogen and oxygen atoms in total. The second-order valence-corrected chi connectivity index (χ2v) is 15.7. The van der Waals surface area contributed by atoms with Crippen LogP contribution in [0.1, 0.15) is 0 Å². The number of imidazole rings is 1. The Kier molecular flexibility index (Phi) is 7.60. The zero-order valence-corrected chi connectivity index (χ0v) is 25.7. The van der Waals surface area contributed by atoms with Crippen LogP contribution in [-0.4, -0.2) is 95.9 Å². The maximum Gasteiger partial charge on any atom is 0.325 e. The number of alkyl halides is 2. The zero-order chi connectivity index (χ0) is 31.9. The minimum absolute atomic E-state index is 0.0191. The summed E-state index contributed by atoms with van der Waals surface area (Å²) in [4.78, 5) is 52.6. The van der Waals surface area contributed by atoms with Crippen LogP contribution in [-0.2, 0) is 57.0 Å². The Morgan fingerprint density at radius 3 is 2.62 bits per heavy atom. The molecule has 45 heavy (non-hydrogen) atoms. The van der Waals surface area contributed by atoms with Crippen molar-refractivity contribution in [1.82, 2.24) is 35.0 Å². The molecule has 7 heterocycles. The van der Waals surface area contributed by atoms with Gasteiger partial charge in [0.2, 0.25) is 11.7 Å². The lowest BCUT2D eigenvalue weighted by molar-refractivity contribution is -0.0501. The van der Waals surface area contributed by atoms with Gasteiger partial charge in [-0.2, -0.15) is 4.98 Å². The fourth-order valence-electron chi connectivity index (χ4n) is 5.26. The fourth-order valence-corrected chi connectivity index (χ4v) is 8.10. The molecule has 9 N–H and O–H groups in total. The second kappa shape index (κ2) is 11.0. The lowest BCUT2D eigenvalue weighted by atomic mass is 10.1. The van der Waals surface area contributed by atoms with E-state index in [0.717, 1.165) is 22.2 Å². The van der Waals surface area contributed by atoms with Crippen LogP contribution < -0.4 is 33.0 Å². The third kappa shape index (κ3) is 5.38. The number of nitrogens with two attached hydrogens (primary N) is 2. The van der Waals surface area contributed by atoms with Gasteiger partial charge in [0.05, 0.1) is 19.5 Å². The Bertz CT molecular complexity index is 1830. The molecule has 4 aliphatic rings. The van der Waals surface area contributed by atoms with Gasteiger partial charge in [-0.05, 0) is 23.6 Å². The number of fused-ring (bicyclic) bond motifs is 5. The first-order valence-electron chi connectivity index (χ1n) is 12.8. The van der Waals surface area contributed by atoms with Crippen LogP contribution in [0, 0.1) is 0 Å². The van der Waals surface area contributed by atoms with Gasteiger partial charge in [0, 0.05) is 0 Å². The summed E-state index contributed by atoms with van der Waals surface area (Å²) in [5.41, 5.74) is 16.0. The molecule has 0 spiro atoms. The topological polar surface area (TPSA) is 265 Å². The molecule has 0 amide bonds. The van der Waals surface area contributed by atoms with Gasteiger partial charge in [-0.25, -0.2) is 28.7 Å². The van der Waals surface area contributed by atoms with Gasteiger partial charge >= 0.3 is 13.4 Å². The Morgan fingerprint density at radius 1 is 1.11 bits per heavy atom. The van der Waals surface area contributed by atoms with E-state index in [-0.39, 0.29) is 34.4 Å². The number of nitrogens with one attached hydrogen (secondary N) is 3. The number of H-pyrrole nitrogens is 1. The lowest BCUT2D eigenvalue weighted by Gasteiger charge is -2.33. The summed E-state index contributed by atoms with van der Waals surface area (Å²) in [6.45, 7) is -10.8. The number of hydrazine groups is 2. The van der Waals surface area contributed by atoms with Crippen LogP contribution in [0.25, 0.3) is 11.2 Å². The number of halogens is 2. The average molecular weight is 714 g/mol. The minimum atomic E-state index is -4.39. The van der Waals surface area contributed by atoms with Crippen LogP contribution in [0.2, 0.25) is 0 Å². The molecule has 26 heteroatoms. The third-order valence-corrected chi connectivity index (χ3v) is 10.4. The fraction of sp³-hybridized carbons (Fsp3) is 0.526. The van der Waals surface area contributed by atoms with E-state index in [2.05, 4.69) is 35.9 Å². The smallest absolute Gasteiger partial charge is 0.325 e. The van der Waals surface area contributed by atoms with Crippen molar-refractivity contribution < 1.29 is 46.1 Å². The first-order chi connectivity index (χ1) is 21.3. The van der Waals surface area contributed by atoms with Gasteiger partial charge in [-0.15, -0.1) is 5.53 Å². The van der Waals surface area contributed by atoms with Gasteiger partial charge in [0.15, 0.2) is 41.5 Å². The van der Waals surface area contributed by atoms with E-state index >= 15 is 8.78 Å². The van der Waals surface area contributed by atoms with Crippen LogP contribution in [0.15, 0.2) is 17.4 Å². The van der Waals surface area contributed by atoms with Gasteiger partial charge in [0.25, 0.3) is 5.56 Å². The number of hydrogen-bond acceptors (Lipinski definition) is 18. The van der Waals surface area contributed by atoms with E-state index in [1.807, 2.05) is 0 Å². The highest BCUT2D eigenvalue weighted by Crippen LogP contribution is 2.54. The molecule has 3 saturated heterocycles. The summed E-state index contributed by atoms with van der Waals surface area (Å²) in [6.07, 6.45) is -7.71.